The zero-order chi connectivity index (χ0) is 19.0. The molecule has 0 fully saturated rings. The van der Waals surface area contributed by atoms with Crippen LogP contribution in [0.25, 0.3) is 10.2 Å². The number of rotatable bonds is 4. The number of nitrogens with two attached hydrogens (primary N) is 1. The molecule has 0 atom stereocenters. The number of hydrogen-bond acceptors (Lipinski definition) is 7. The molecule has 2 aromatic carbocycles. The van der Waals surface area contributed by atoms with Crippen molar-refractivity contribution < 1.29 is 4.39 Å². The van der Waals surface area contributed by atoms with Crippen LogP contribution in [0, 0.1) is 12.7 Å². The maximum Gasteiger partial charge on any atom is 0.189 e. The Morgan fingerprint density at radius 2 is 1.89 bits per heavy atom. The Hall–Kier alpha value is -2.78. The number of para-hydroxylation sites is 1. The molecule has 0 saturated carbocycles. The Kier molecular flexibility index (Phi) is 4.63. The highest BCUT2D eigenvalue weighted by molar-refractivity contribution is 9.10. The summed E-state index contributed by atoms with van der Waals surface area (Å²) in [4.78, 5) is 12.9. The molecule has 0 spiro atoms. The summed E-state index contributed by atoms with van der Waals surface area (Å²) in [7, 11) is 0. The van der Waals surface area contributed by atoms with E-state index in [1.54, 1.807) is 12.1 Å². The van der Waals surface area contributed by atoms with Crippen molar-refractivity contribution in [3.05, 3.63) is 58.6 Å². The molecule has 0 aliphatic heterocycles. The van der Waals surface area contributed by atoms with Gasteiger partial charge in [-0.1, -0.05) is 39.4 Å². The number of nitrogens with zero attached hydrogens (tertiary/aromatic N) is 3. The maximum atomic E-state index is 14.1. The van der Waals surface area contributed by atoms with E-state index in [1.165, 1.54) is 23.7 Å². The van der Waals surface area contributed by atoms with Crippen molar-refractivity contribution in [3.63, 3.8) is 0 Å². The highest BCUT2D eigenvalue weighted by Crippen LogP contribution is 2.33. The molecule has 0 saturated heterocycles. The van der Waals surface area contributed by atoms with Gasteiger partial charge in [0.1, 0.15) is 17.8 Å². The van der Waals surface area contributed by atoms with Crippen LogP contribution >= 0.6 is 27.3 Å². The lowest BCUT2D eigenvalue weighted by molar-refractivity contribution is 0.631. The Morgan fingerprint density at radius 3 is 2.63 bits per heavy atom. The smallest absolute Gasteiger partial charge is 0.189 e. The Bertz CT molecular complexity index is 1150. The number of anilines is 5. The molecule has 27 heavy (non-hydrogen) atoms. The number of nitrogen functional groups attached to an aromatic ring is 1. The van der Waals surface area contributed by atoms with Gasteiger partial charge in [0.2, 0.25) is 0 Å². The van der Waals surface area contributed by atoms with E-state index in [-0.39, 0.29) is 11.4 Å². The number of nitrogens with one attached hydrogen (secondary N) is 2. The molecule has 4 aromatic rings. The molecule has 2 aromatic heterocycles. The van der Waals surface area contributed by atoms with Crippen LogP contribution in [0.1, 0.15) is 5.56 Å². The van der Waals surface area contributed by atoms with Gasteiger partial charge < -0.3 is 16.4 Å². The lowest BCUT2D eigenvalue weighted by Gasteiger charge is -2.12. The summed E-state index contributed by atoms with van der Waals surface area (Å²) >= 11 is 4.74. The third kappa shape index (κ3) is 3.56. The molecular weight excluding hydrogens is 431 g/mol. The van der Waals surface area contributed by atoms with Crippen LogP contribution in [-0.4, -0.2) is 15.0 Å². The minimum atomic E-state index is -0.418. The van der Waals surface area contributed by atoms with E-state index in [0.29, 0.717) is 21.2 Å². The Labute approximate surface area is 166 Å². The van der Waals surface area contributed by atoms with Crippen LogP contribution in [0.2, 0.25) is 0 Å². The van der Waals surface area contributed by atoms with Crippen molar-refractivity contribution in [2.75, 3.05) is 16.4 Å². The summed E-state index contributed by atoms with van der Waals surface area (Å²) in [6.07, 6.45) is 1.36. The standard InChI is InChI=1S/C18H14BrFN6S/c1-9-3-2-4-13-15(9)25-18(27-13)26-17-14(21)16(22-8-23-17)24-12-6-5-10(19)7-11(12)20/h2-8H,21H2,1H3,(H2,22,23,24,25,26). The predicted octanol–water partition coefficient (Wildman–Crippen LogP) is 5.37. The van der Waals surface area contributed by atoms with Gasteiger partial charge in [0.25, 0.3) is 0 Å². The summed E-state index contributed by atoms with van der Waals surface area (Å²) in [5.41, 5.74) is 8.76. The van der Waals surface area contributed by atoms with Crippen LogP contribution in [-0.2, 0) is 0 Å². The summed E-state index contributed by atoms with van der Waals surface area (Å²) in [5.74, 6) is 0.297. The molecule has 0 unspecified atom stereocenters. The number of hydrogen-bond donors (Lipinski definition) is 3. The lowest BCUT2D eigenvalue weighted by Crippen LogP contribution is -2.05. The first kappa shape index (κ1) is 17.6. The summed E-state index contributed by atoms with van der Waals surface area (Å²) in [6.45, 7) is 2.01. The van der Waals surface area contributed by atoms with Gasteiger partial charge in [-0.3, -0.25) is 0 Å². The van der Waals surface area contributed by atoms with Crippen LogP contribution in [0.3, 0.4) is 0 Å². The summed E-state index contributed by atoms with van der Waals surface area (Å²) in [5, 5.41) is 6.70. The molecular formula is C18H14BrFN6S. The van der Waals surface area contributed by atoms with Crippen molar-refractivity contribution in [1.82, 2.24) is 15.0 Å². The van der Waals surface area contributed by atoms with E-state index in [4.69, 9.17) is 5.73 Å². The van der Waals surface area contributed by atoms with E-state index in [1.807, 2.05) is 25.1 Å². The van der Waals surface area contributed by atoms with Gasteiger partial charge in [0, 0.05) is 4.47 Å². The quantitative estimate of drug-likeness (QED) is 0.392. The van der Waals surface area contributed by atoms with Gasteiger partial charge in [0.05, 0.1) is 15.9 Å². The zero-order valence-electron chi connectivity index (χ0n) is 14.1. The fourth-order valence-corrected chi connectivity index (χ4v) is 3.83. The second-order valence-electron chi connectivity index (χ2n) is 5.80. The first-order valence-corrected chi connectivity index (χ1v) is 9.58. The Balaban J connectivity index is 1.64. The maximum absolute atomic E-state index is 14.1. The van der Waals surface area contributed by atoms with Crippen molar-refractivity contribution in [1.29, 1.82) is 0 Å². The summed E-state index contributed by atoms with van der Waals surface area (Å²) in [6, 6.07) is 10.7. The number of aromatic nitrogens is 3. The minimum absolute atomic E-state index is 0.269. The van der Waals surface area contributed by atoms with Gasteiger partial charge in [-0.2, -0.15) is 0 Å². The monoisotopic (exact) mass is 444 g/mol. The topological polar surface area (TPSA) is 88.8 Å². The average molecular weight is 445 g/mol. The predicted molar refractivity (Wildman–Crippen MR) is 111 cm³/mol. The minimum Gasteiger partial charge on any atom is -0.393 e. The SMILES string of the molecule is Cc1cccc2sc(Nc3ncnc(Nc4ccc(Br)cc4F)c3N)nc12. The Morgan fingerprint density at radius 1 is 1.11 bits per heavy atom. The first-order chi connectivity index (χ1) is 13.0. The molecule has 4 N–H and O–H groups in total. The van der Waals surface area contributed by atoms with E-state index in [2.05, 4.69) is 41.5 Å². The number of thiazole rings is 1. The van der Waals surface area contributed by atoms with Gasteiger partial charge in [-0.05, 0) is 36.8 Å². The molecule has 0 bridgehead atoms. The molecule has 0 amide bonds. The molecule has 6 nitrogen and oxygen atoms in total. The number of benzene rings is 2. The van der Waals surface area contributed by atoms with E-state index < -0.39 is 5.82 Å². The normalized spacial score (nSPS) is 10.9. The van der Waals surface area contributed by atoms with Crippen molar-refractivity contribution in [3.8, 4) is 0 Å². The van der Waals surface area contributed by atoms with Crippen LogP contribution in [0.5, 0.6) is 0 Å². The third-order valence-electron chi connectivity index (χ3n) is 3.91. The molecule has 136 valence electrons. The van der Waals surface area contributed by atoms with E-state index in [0.717, 1.165) is 15.8 Å². The second-order valence-corrected chi connectivity index (χ2v) is 7.75. The number of fused-ring (bicyclic) bond motifs is 1. The number of aryl methyl sites for hydroxylation is 1. The molecule has 0 radical (unpaired) electrons. The zero-order valence-corrected chi connectivity index (χ0v) is 16.5. The van der Waals surface area contributed by atoms with Crippen LogP contribution < -0.4 is 16.4 Å². The number of halogens is 2. The third-order valence-corrected chi connectivity index (χ3v) is 5.34. The summed E-state index contributed by atoms with van der Waals surface area (Å²) < 4.78 is 15.8. The highest BCUT2D eigenvalue weighted by atomic mass is 79.9. The van der Waals surface area contributed by atoms with E-state index in [9.17, 15) is 4.39 Å². The fraction of sp³-hybridized carbons (Fsp3) is 0.0556. The van der Waals surface area contributed by atoms with Crippen LogP contribution in [0.4, 0.5) is 32.5 Å². The van der Waals surface area contributed by atoms with E-state index >= 15 is 0 Å². The first-order valence-electron chi connectivity index (χ1n) is 7.97. The van der Waals surface area contributed by atoms with Gasteiger partial charge in [0.15, 0.2) is 16.8 Å². The lowest BCUT2D eigenvalue weighted by atomic mass is 10.2. The molecule has 4 rings (SSSR count). The molecule has 9 heteroatoms. The van der Waals surface area contributed by atoms with Gasteiger partial charge in [-0.15, -0.1) is 0 Å². The average Bonchev–Trinajstić information content (AvgIpc) is 3.05. The van der Waals surface area contributed by atoms with Crippen molar-refractivity contribution in [2.45, 2.75) is 6.92 Å². The van der Waals surface area contributed by atoms with Crippen molar-refractivity contribution in [2.24, 2.45) is 0 Å². The second kappa shape index (κ2) is 7.09. The fourth-order valence-electron chi connectivity index (χ4n) is 2.55. The largest absolute Gasteiger partial charge is 0.393 e. The highest BCUT2D eigenvalue weighted by Gasteiger charge is 2.13. The van der Waals surface area contributed by atoms with Gasteiger partial charge in [-0.25, -0.2) is 19.3 Å². The van der Waals surface area contributed by atoms with Crippen LogP contribution in [0.15, 0.2) is 47.2 Å². The molecule has 2 heterocycles. The van der Waals surface area contributed by atoms with Crippen molar-refractivity contribution >= 4 is 65.6 Å². The van der Waals surface area contributed by atoms with Gasteiger partial charge >= 0.3 is 0 Å². The molecule has 0 aliphatic carbocycles. The molecule has 0 aliphatic rings.